The smallest absolute Gasteiger partial charge is 0.293 e. The lowest BCUT2D eigenvalue weighted by molar-refractivity contribution is 0.0949. The molecule has 0 aliphatic rings. The molecule has 5 rings (SSSR count). The van der Waals surface area contributed by atoms with Gasteiger partial charge in [0.2, 0.25) is 11.6 Å². The van der Waals surface area contributed by atoms with E-state index in [9.17, 15) is 4.79 Å². The van der Waals surface area contributed by atoms with Gasteiger partial charge in [-0.1, -0.05) is 52.8 Å². The molecule has 0 fully saturated rings. The summed E-state index contributed by atoms with van der Waals surface area (Å²) < 4.78 is 5.98. The Hall–Kier alpha value is -4.23. The van der Waals surface area contributed by atoms with Crippen LogP contribution in [0.25, 0.3) is 16.9 Å². The van der Waals surface area contributed by atoms with E-state index in [1.54, 1.807) is 24.3 Å². The Morgan fingerprint density at radius 1 is 1.24 bits per heavy atom. The van der Waals surface area contributed by atoms with Crippen LogP contribution in [0.15, 0.2) is 63.4 Å². The Kier molecular flexibility index (Phi) is 5.93. The van der Waals surface area contributed by atoms with Crippen LogP contribution >= 0.6 is 23.4 Å². The van der Waals surface area contributed by atoms with Crippen LogP contribution in [0.4, 0.5) is 5.82 Å². The number of imidazole rings is 1. The molecule has 3 heterocycles. The number of hydrogen-bond donors (Lipinski definition) is 3. The van der Waals surface area contributed by atoms with E-state index in [4.69, 9.17) is 17.3 Å². The fraction of sp³-hybridized carbons (Fsp3) is 0.0500. The van der Waals surface area contributed by atoms with Gasteiger partial charge in [-0.15, -0.1) is 5.10 Å². The second kappa shape index (κ2) is 9.33. The minimum Gasteiger partial charge on any atom is -0.378 e. The number of aromatic nitrogens is 7. The Labute approximate surface area is 200 Å². The van der Waals surface area contributed by atoms with Crippen molar-refractivity contribution in [3.63, 3.8) is 0 Å². The third-order valence-electron chi connectivity index (χ3n) is 4.64. The molecule has 12 nitrogen and oxygen atoms in total. The molecule has 0 atom stereocenters. The fourth-order valence-electron chi connectivity index (χ4n) is 3.02. The number of rotatable bonds is 7. The van der Waals surface area contributed by atoms with Gasteiger partial charge in [-0.3, -0.25) is 4.79 Å². The first kappa shape index (κ1) is 21.6. The number of fused-ring (bicyclic) bond motifs is 1. The Balaban J connectivity index is 1.39. The molecule has 14 heteroatoms. The van der Waals surface area contributed by atoms with Gasteiger partial charge in [-0.25, -0.2) is 15.0 Å². The highest BCUT2D eigenvalue weighted by Gasteiger charge is 2.24. The summed E-state index contributed by atoms with van der Waals surface area (Å²) in [5.74, 6) is -0.168. The molecule has 1 amide bonds. The number of nitrogens with two attached hydrogens (primary N) is 1. The number of benzene rings is 2. The van der Waals surface area contributed by atoms with Crippen molar-refractivity contribution >= 4 is 52.3 Å². The predicted molar refractivity (Wildman–Crippen MR) is 126 cm³/mol. The van der Waals surface area contributed by atoms with E-state index < -0.39 is 5.91 Å². The zero-order chi connectivity index (χ0) is 23.5. The zero-order valence-corrected chi connectivity index (χ0v) is 18.8. The van der Waals surface area contributed by atoms with Crippen molar-refractivity contribution in [1.29, 1.82) is 0 Å². The number of nitrogens with one attached hydrogen (secondary N) is 2. The normalized spacial score (nSPS) is 11.4. The van der Waals surface area contributed by atoms with Crippen LogP contribution in [0.2, 0.25) is 5.02 Å². The number of hydrazone groups is 1. The van der Waals surface area contributed by atoms with Crippen molar-refractivity contribution < 1.29 is 9.42 Å². The van der Waals surface area contributed by atoms with E-state index in [2.05, 4.69) is 45.7 Å². The lowest BCUT2D eigenvalue weighted by Crippen LogP contribution is -2.20. The number of carbonyl (C=O) groups is 1. The topological polar surface area (TPSA) is 166 Å². The summed E-state index contributed by atoms with van der Waals surface area (Å²) in [6.07, 6.45) is 1.49. The molecular weight excluding hydrogens is 480 g/mol. The first-order valence-corrected chi connectivity index (χ1v) is 11.1. The molecule has 0 saturated heterocycles. The first-order valence-electron chi connectivity index (χ1n) is 9.78. The van der Waals surface area contributed by atoms with Gasteiger partial charge >= 0.3 is 0 Å². The number of carbonyl (C=O) groups excluding carboxylic acids is 1. The lowest BCUT2D eigenvalue weighted by Gasteiger charge is -2.04. The van der Waals surface area contributed by atoms with Crippen LogP contribution in [0.1, 0.15) is 21.7 Å². The van der Waals surface area contributed by atoms with Crippen molar-refractivity contribution in [1.82, 2.24) is 40.7 Å². The number of hydrogen-bond acceptors (Lipinski definition) is 10. The van der Waals surface area contributed by atoms with Crippen molar-refractivity contribution in [3.05, 3.63) is 70.5 Å². The molecule has 170 valence electrons. The third-order valence-corrected chi connectivity index (χ3v) is 5.77. The molecule has 0 spiro atoms. The Morgan fingerprint density at radius 2 is 2.06 bits per heavy atom. The number of amides is 1. The fourth-order valence-corrected chi connectivity index (χ4v) is 4.02. The van der Waals surface area contributed by atoms with Crippen LogP contribution in [-0.4, -0.2) is 47.4 Å². The second-order valence-electron chi connectivity index (χ2n) is 6.87. The average molecular weight is 495 g/mol. The molecule has 0 aliphatic heterocycles. The van der Waals surface area contributed by atoms with Crippen LogP contribution < -0.4 is 11.2 Å². The predicted octanol–water partition coefficient (Wildman–Crippen LogP) is 2.82. The molecule has 0 aliphatic carbocycles. The lowest BCUT2D eigenvalue weighted by atomic mass is 10.2. The Morgan fingerprint density at radius 3 is 2.82 bits per heavy atom. The zero-order valence-electron chi connectivity index (χ0n) is 17.2. The molecule has 5 aromatic rings. The standard InChI is InChI=1S/C20H15ClN10O2S/c21-12-7-5-11(6-8-12)9-23-27-19(32)16-15(31(30-26-16)18-17(22)28-33-29-18)10-34-20-24-13-3-1-2-4-14(13)25-20/h1-9H,10H2,(H2,22,28)(H,24,25)(H,27,32)/b23-9+. The van der Waals surface area contributed by atoms with Gasteiger partial charge in [-0.2, -0.15) is 9.78 Å². The van der Waals surface area contributed by atoms with Gasteiger partial charge in [0, 0.05) is 10.8 Å². The molecule has 0 radical (unpaired) electrons. The van der Waals surface area contributed by atoms with Gasteiger partial charge in [0.25, 0.3) is 5.91 Å². The van der Waals surface area contributed by atoms with Gasteiger partial charge in [0.1, 0.15) is 0 Å². The maximum absolute atomic E-state index is 12.8. The number of nitrogen functional groups attached to an aromatic ring is 1. The van der Waals surface area contributed by atoms with Crippen molar-refractivity contribution in [2.45, 2.75) is 10.9 Å². The number of nitrogens with zero attached hydrogens (tertiary/aromatic N) is 7. The number of H-pyrrole nitrogens is 1. The summed E-state index contributed by atoms with van der Waals surface area (Å²) in [6.45, 7) is 0. The number of para-hydroxylation sites is 2. The van der Waals surface area contributed by atoms with Gasteiger partial charge < -0.3 is 10.7 Å². The summed E-state index contributed by atoms with van der Waals surface area (Å²) in [5, 5.41) is 20.6. The van der Waals surface area contributed by atoms with Gasteiger partial charge in [0.05, 0.1) is 22.9 Å². The highest BCUT2D eigenvalue weighted by molar-refractivity contribution is 7.98. The molecular formula is C20H15ClN10O2S. The Bertz CT molecular complexity index is 1460. The monoisotopic (exact) mass is 494 g/mol. The maximum Gasteiger partial charge on any atom is 0.293 e. The molecule has 2 aromatic carbocycles. The van der Waals surface area contributed by atoms with Crippen molar-refractivity contribution in [2.75, 3.05) is 5.73 Å². The number of halogens is 1. The quantitative estimate of drug-likeness (QED) is 0.175. The van der Waals surface area contributed by atoms with Crippen molar-refractivity contribution in [3.8, 4) is 5.82 Å². The molecule has 4 N–H and O–H groups in total. The van der Waals surface area contributed by atoms with Crippen molar-refractivity contribution in [2.24, 2.45) is 5.10 Å². The van der Waals surface area contributed by atoms with Crippen LogP contribution in [0, 0.1) is 0 Å². The second-order valence-corrected chi connectivity index (χ2v) is 8.27. The third kappa shape index (κ3) is 4.46. The van der Waals surface area contributed by atoms with E-state index in [0.29, 0.717) is 15.9 Å². The summed E-state index contributed by atoms with van der Waals surface area (Å²) in [4.78, 5) is 20.6. The maximum atomic E-state index is 12.8. The van der Waals surface area contributed by atoms with Gasteiger partial charge in [0.15, 0.2) is 10.9 Å². The van der Waals surface area contributed by atoms with E-state index >= 15 is 0 Å². The van der Waals surface area contributed by atoms with Crippen LogP contribution in [0.5, 0.6) is 0 Å². The number of anilines is 1. The molecule has 0 bridgehead atoms. The molecule has 0 saturated carbocycles. The SMILES string of the molecule is Nc1nonc1-n1nnc(C(=O)N/N=C/c2ccc(Cl)cc2)c1CSc1nc2ccccc2[nH]1. The number of thioether (sulfide) groups is 1. The summed E-state index contributed by atoms with van der Waals surface area (Å²) in [7, 11) is 0. The minimum absolute atomic E-state index is 0.00704. The summed E-state index contributed by atoms with van der Waals surface area (Å²) in [5.41, 5.74) is 11.2. The highest BCUT2D eigenvalue weighted by Crippen LogP contribution is 2.26. The van der Waals surface area contributed by atoms with E-state index in [1.807, 2.05) is 24.3 Å². The molecule has 0 unspecified atom stereocenters. The molecule has 3 aromatic heterocycles. The minimum atomic E-state index is -0.563. The van der Waals surface area contributed by atoms with E-state index in [1.165, 1.54) is 22.7 Å². The van der Waals surface area contributed by atoms with E-state index in [0.717, 1.165) is 16.6 Å². The summed E-state index contributed by atoms with van der Waals surface area (Å²) in [6, 6.07) is 14.6. The van der Waals surface area contributed by atoms with Gasteiger partial charge in [-0.05, 0) is 40.1 Å². The largest absolute Gasteiger partial charge is 0.378 e. The van der Waals surface area contributed by atoms with Crippen LogP contribution in [-0.2, 0) is 5.75 Å². The average Bonchev–Trinajstić information content (AvgIpc) is 3.56. The van der Waals surface area contributed by atoms with E-state index in [-0.39, 0.29) is 23.1 Å². The molecule has 34 heavy (non-hydrogen) atoms. The number of aromatic amines is 1. The highest BCUT2D eigenvalue weighted by atomic mass is 35.5. The first-order chi connectivity index (χ1) is 16.6. The van der Waals surface area contributed by atoms with Crippen LogP contribution in [0.3, 0.4) is 0 Å². The summed E-state index contributed by atoms with van der Waals surface area (Å²) >= 11 is 7.24.